The molecule has 0 saturated heterocycles. The summed E-state index contributed by atoms with van der Waals surface area (Å²) in [6, 6.07) is 2.57. The monoisotopic (exact) mass is 166 g/mol. The molecule has 12 heavy (non-hydrogen) atoms. The zero-order valence-corrected chi connectivity index (χ0v) is 8.20. The van der Waals surface area contributed by atoms with Crippen molar-refractivity contribution in [1.29, 1.82) is 0 Å². The third-order valence-corrected chi connectivity index (χ3v) is 2.22. The van der Waals surface area contributed by atoms with Gasteiger partial charge in [0.05, 0.1) is 6.04 Å². The number of aromatic nitrogens is 2. The summed E-state index contributed by atoms with van der Waals surface area (Å²) < 4.78 is 2.08. The van der Waals surface area contributed by atoms with Gasteiger partial charge in [-0.05, 0) is 18.4 Å². The quantitative estimate of drug-likeness (QED) is 0.672. The van der Waals surface area contributed by atoms with Crippen LogP contribution in [0.1, 0.15) is 39.7 Å². The molecule has 0 fully saturated rings. The van der Waals surface area contributed by atoms with Crippen LogP contribution in [0.3, 0.4) is 0 Å². The largest absolute Gasteiger partial charge is 0.269 e. The highest BCUT2D eigenvalue weighted by Crippen LogP contribution is 2.21. The highest BCUT2D eigenvalue weighted by Gasteiger charge is 2.13. The number of rotatable bonds is 4. The second kappa shape index (κ2) is 4.29. The first kappa shape index (κ1) is 9.30. The minimum absolute atomic E-state index is 0.574. The summed E-state index contributed by atoms with van der Waals surface area (Å²) in [5.41, 5.74) is 0. The van der Waals surface area contributed by atoms with Gasteiger partial charge >= 0.3 is 0 Å². The molecule has 1 aromatic heterocycles. The van der Waals surface area contributed by atoms with E-state index in [0.29, 0.717) is 12.0 Å². The molecule has 1 aromatic rings. The smallest absolute Gasteiger partial charge is 0.0542 e. The predicted molar refractivity (Wildman–Crippen MR) is 51.0 cm³/mol. The van der Waals surface area contributed by atoms with E-state index < -0.39 is 0 Å². The molecule has 0 bridgehead atoms. The molecular formula is C10H18N2. The summed E-state index contributed by atoms with van der Waals surface area (Å²) in [6.07, 6.45) is 6.35. The Kier molecular flexibility index (Phi) is 3.32. The van der Waals surface area contributed by atoms with Gasteiger partial charge in [-0.1, -0.05) is 27.2 Å². The van der Waals surface area contributed by atoms with Gasteiger partial charge in [-0.15, -0.1) is 0 Å². The Bertz CT molecular complexity index is 202. The van der Waals surface area contributed by atoms with Crippen LogP contribution in [0.15, 0.2) is 18.5 Å². The van der Waals surface area contributed by atoms with Crippen molar-refractivity contribution in [2.24, 2.45) is 5.92 Å². The van der Waals surface area contributed by atoms with Gasteiger partial charge in [0.25, 0.3) is 0 Å². The van der Waals surface area contributed by atoms with Crippen molar-refractivity contribution >= 4 is 0 Å². The number of hydrogen-bond donors (Lipinski definition) is 0. The van der Waals surface area contributed by atoms with E-state index in [-0.39, 0.29) is 0 Å². The first-order chi connectivity index (χ1) is 5.75. The molecule has 1 heterocycles. The summed E-state index contributed by atoms with van der Waals surface area (Å²) in [4.78, 5) is 0. The van der Waals surface area contributed by atoms with Crippen molar-refractivity contribution in [1.82, 2.24) is 9.78 Å². The highest BCUT2D eigenvalue weighted by atomic mass is 15.3. The fraction of sp³-hybridized carbons (Fsp3) is 0.700. The van der Waals surface area contributed by atoms with Crippen LogP contribution in [-0.4, -0.2) is 9.78 Å². The molecule has 0 aliphatic rings. The fourth-order valence-electron chi connectivity index (χ4n) is 1.54. The molecule has 0 saturated carbocycles. The topological polar surface area (TPSA) is 17.8 Å². The lowest BCUT2D eigenvalue weighted by molar-refractivity contribution is 0.323. The van der Waals surface area contributed by atoms with Gasteiger partial charge in [-0.2, -0.15) is 5.10 Å². The lowest BCUT2D eigenvalue weighted by Gasteiger charge is -2.20. The summed E-state index contributed by atoms with van der Waals surface area (Å²) in [5.74, 6) is 0.671. The van der Waals surface area contributed by atoms with Gasteiger partial charge in [-0.25, -0.2) is 0 Å². The number of nitrogens with zero attached hydrogens (tertiary/aromatic N) is 2. The zero-order valence-electron chi connectivity index (χ0n) is 8.20. The third-order valence-electron chi connectivity index (χ3n) is 2.22. The molecule has 2 heteroatoms. The Morgan fingerprint density at radius 1 is 1.42 bits per heavy atom. The first-order valence-electron chi connectivity index (χ1n) is 4.74. The van der Waals surface area contributed by atoms with Crippen LogP contribution in [0.25, 0.3) is 0 Å². The summed E-state index contributed by atoms with van der Waals surface area (Å²) in [6.45, 7) is 6.73. The maximum atomic E-state index is 4.27. The van der Waals surface area contributed by atoms with E-state index in [9.17, 15) is 0 Å². The Morgan fingerprint density at radius 3 is 2.58 bits per heavy atom. The maximum absolute atomic E-state index is 4.27. The minimum atomic E-state index is 0.574. The van der Waals surface area contributed by atoms with Crippen molar-refractivity contribution in [3.8, 4) is 0 Å². The van der Waals surface area contributed by atoms with Crippen LogP contribution in [-0.2, 0) is 0 Å². The standard InChI is InChI=1S/C10H18N2/c1-4-6-10(9(2)3)12-8-5-7-11-12/h5,7-10H,4,6H2,1-3H3. The van der Waals surface area contributed by atoms with Crippen molar-refractivity contribution in [3.63, 3.8) is 0 Å². The Labute approximate surface area is 74.6 Å². The van der Waals surface area contributed by atoms with E-state index >= 15 is 0 Å². The second-order valence-electron chi connectivity index (χ2n) is 3.59. The molecule has 1 atom stereocenters. The summed E-state index contributed by atoms with van der Waals surface area (Å²) in [5, 5.41) is 4.27. The Hall–Kier alpha value is -0.790. The third kappa shape index (κ3) is 2.10. The van der Waals surface area contributed by atoms with E-state index in [0.717, 1.165) is 0 Å². The van der Waals surface area contributed by atoms with Crippen molar-refractivity contribution in [2.45, 2.75) is 39.7 Å². The first-order valence-corrected chi connectivity index (χ1v) is 4.74. The SMILES string of the molecule is CCCC(C(C)C)n1cccn1. The molecule has 1 rings (SSSR count). The molecule has 68 valence electrons. The van der Waals surface area contributed by atoms with Gasteiger partial charge in [-0.3, -0.25) is 4.68 Å². The molecule has 1 unspecified atom stereocenters. The molecule has 0 amide bonds. The Balaban J connectivity index is 2.66. The summed E-state index contributed by atoms with van der Waals surface area (Å²) in [7, 11) is 0. The van der Waals surface area contributed by atoms with E-state index in [2.05, 4.69) is 36.7 Å². The van der Waals surface area contributed by atoms with Gasteiger partial charge in [0, 0.05) is 12.4 Å². The fourth-order valence-corrected chi connectivity index (χ4v) is 1.54. The van der Waals surface area contributed by atoms with Crippen molar-refractivity contribution in [2.75, 3.05) is 0 Å². The van der Waals surface area contributed by atoms with Crippen LogP contribution in [0, 0.1) is 5.92 Å². The molecule has 0 aliphatic carbocycles. The molecule has 0 aromatic carbocycles. The van der Waals surface area contributed by atoms with E-state index in [4.69, 9.17) is 0 Å². The zero-order chi connectivity index (χ0) is 8.97. The van der Waals surface area contributed by atoms with E-state index in [1.54, 1.807) is 0 Å². The lowest BCUT2D eigenvalue weighted by atomic mass is 10.0. The van der Waals surface area contributed by atoms with Crippen LogP contribution in [0.2, 0.25) is 0 Å². The van der Waals surface area contributed by atoms with Crippen LogP contribution in [0.5, 0.6) is 0 Å². The van der Waals surface area contributed by atoms with Gasteiger partial charge < -0.3 is 0 Å². The predicted octanol–water partition coefficient (Wildman–Crippen LogP) is 2.88. The second-order valence-corrected chi connectivity index (χ2v) is 3.59. The molecule has 0 spiro atoms. The van der Waals surface area contributed by atoms with Crippen LogP contribution >= 0.6 is 0 Å². The van der Waals surface area contributed by atoms with Gasteiger partial charge in [0.15, 0.2) is 0 Å². The molecule has 0 aliphatic heterocycles. The average molecular weight is 166 g/mol. The summed E-state index contributed by atoms with van der Waals surface area (Å²) >= 11 is 0. The van der Waals surface area contributed by atoms with E-state index in [1.165, 1.54) is 12.8 Å². The molecular weight excluding hydrogens is 148 g/mol. The normalized spacial score (nSPS) is 13.7. The Morgan fingerprint density at radius 2 is 2.17 bits per heavy atom. The molecule has 0 radical (unpaired) electrons. The average Bonchev–Trinajstić information content (AvgIpc) is 2.51. The molecule has 2 nitrogen and oxygen atoms in total. The van der Waals surface area contributed by atoms with Crippen LogP contribution < -0.4 is 0 Å². The van der Waals surface area contributed by atoms with Crippen LogP contribution in [0.4, 0.5) is 0 Å². The van der Waals surface area contributed by atoms with Crippen molar-refractivity contribution < 1.29 is 0 Å². The highest BCUT2D eigenvalue weighted by molar-refractivity contribution is 4.82. The van der Waals surface area contributed by atoms with E-state index in [1.807, 2.05) is 12.3 Å². The number of hydrogen-bond acceptors (Lipinski definition) is 1. The lowest BCUT2D eigenvalue weighted by Crippen LogP contribution is -2.15. The van der Waals surface area contributed by atoms with Gasteiger partial charge in [0.1, 0.15) is 0 Å². The minimum Gasteiger partial charge on any atom is -0.269 e. The van der Waals surface area contributed by atoms with Crippen molar-refractivity contribution in [3.05, 3.63) is 18.5 Å². The molecule has 0 N–H and O–H groups in total. The maximum Gasteiger partial charge on any atom is 0.0542 e. The van der Waals surface area contributed by atoms with Gasteiger partial charge in [0.2, 0.25) is 0 Å².